The highest BCUT2D eigenvalue weighted by molar-refractivity contribution is 6.31. The van der Waals surface area contributed by atoms with Crippen LogP contribution < -0.4 is 5.43 Å². The molecule has 0 fully saturated rings. The van der Waals surface area contributed by atoms with Crippen LogP contribution in [0.4, 0.5) is 0 Å². The van der Waals surface area contributed by atoms with Crippen LogP contribution in [0.2, 0.25) is 5.02 Å². The Kier molecular flexibility index (Phi) is 2.64. The monoisotopic (exact) mass is 277 g/mol. The van der Waals surface area contributed by atoms with Crippen molar-refractivity contribution in [2.45, 2.75) is 25.8 Å². The van der Waals surface area contributed by atoms with E-state index in [9.17, 15) is 9.59 Å². The number of carboxylic acid groups (broad SMARTS) is 1. The van der Waals surface area contributed by atoms with Gasteiger partial charge in [0.15, 0.2) is 0 Å². The Bertz CT molecular complexity index is 763. The lowest BCUT2D eigenvalue weighted by Crippen LogP contribution is -2.23. The molecule has 0 bridgehead atoms. The van der Waals surface area contributed by atoms with Crippen molar-refractivity contribution in [1.82, 2.24) is 4.57 Å². The molecule has 1 aliphatic rings. The number of benzene rings is 1. The predicted octanol–water partition coefficient (Wildman–Crippen LogP) is 2.86. The number of rotatable bonds is 1. The molecule has 1 unspecified atom stereocenters. The number of carbonyl (C=O) groups is 1. The van der Waals surface area contributed by atoms with Crippen LogP contribution in [0.1, 0.15) is 35.3 Å². The molecular weight excluding hydrogens is 266 g/mol. The maximum absolute atomic E-state index is 12.2. The second-order valence-corrected chi connectivity index (χ2v) is 5.37. The molecule has 98 valence electrons. The summed E-state index contributed by atoms with van der Waals surface area (Å²) >= 11 is 6.02. The Balaban J connectivity index is 2.53. The summed E-state index contributed by atoms with van der Waals surface area (Å²) in [5.41, 5.74) is 1.17. The number of pyridine rings is 1. The van der Waals surface area contributed by atoms with Gasteiger partial charge in [0.05, 0.1) is 5.52 Å². The number of halogens is 1. The van der Waals surface area contributed by atoms with E-state index in [-0.39, 0.29) is 11.6 Å². The van der Waals surface area contributed by atoms with Gasteiger partial charge in [-0.2, -0.15) is 0 Å². The first-order valence-corrected chi connectivity index (χ1v) is 6.47. The SMILES string of the molecule is CC1CCc2cc(Cl)cc3c(=O)c(C(=O)O)cn1c23. The Morgan fingerprint density at radius 2 is 2.21 bits per heavy atom. The second kappa shape index (κ2) is 4.10. The molecule has 5 heteroatoms. The molecule has 0 saturated heterocycles. The maximum atomic E-state index is 12.2. The molecule has 3 rings (SSSR count). The number of hydrogen-bond donors (Lipinski definition) is 1. The highest BCUT2D eigenvalue weighted by Crippen LogP contribution is 2.31. The molecule has 1 aromatic heterocycles. The van der Waals surface area contributed by atoms with Crippen LogP contribution >= 0.6 is 11.6 Å². The molecule has 0 saturated carbocycles. The Labute approximate surface area is 114 Å². The van der Waals surface area contributed by atoms with Gasteiger partial charge in [-0.25, -0.2) is 4.79 Å². The Hall–Kier alpha value is -1.81. The molecule has 2 heterocycles. The third-order valence-corrected chi connectivity index (χ3v) is 3.92. The van der Waals surface area contributed by atoms with Gasteiger partial charge in [0.2, 0.25) is 5.43 Å². The van der Waals surface area contributed by atoms with Gasteiger partial charge in [-0.3, -0.25) is 4.79 Å². The molecule has 0 spiro atoms. The van der Waals surface area contributed by atoms with E-state index in [0.717, 1.165) is 23.9 Å². The number of aromatic carboxylic acids is 1. The number of aromatic nitrogens is 1. The van der Waals surface area contributed by atoms with Crippen LogP contribution in [-0.4, -0.2) is 15.6 Å². The van der Waals surface area contributed by atoms with Crippen molar-refractivity contribution in [2.75, 3.05) is 0 Å². The van der Waals surface area contributed by atoms with Gasteiger partial charge in [-0.15, -0.1) is 0 Å². The molecule has 1 aromatic carbocycles. The minimum absolute atomic E-state index is 0.176. The zero-order chi connectivity index (χ0) is 13.7. The van der Waals surface area contributed by atoms with Gasteiger partial charge >= 0.3 is 5.97 Å². The minimum Gasteiger partial charge on any atom is -0.477 e. The number of aryl methyl sites for hydroxylation is 1. The molecule has 0 amide bonds. The molecular formula is C14H12ClNO3. The topological polar surface area (TPSA) is 59.3 Å². The fraction of sp³-hybridized carbons (Fsp3) is 0.286. The fourth-order valence-corrected chi connectivity index (χ4v) is 2.98. The summed E-state index contributed by atoms with van der Waals surface area (Å²) in [5.74, 6) is -1.20. The largest absolute Gasteiger partial charge is 0.477 e. The van der Waals surface area contributed by atoms with Gasteiger partial charge < -0.3 is 9.67 Å². The average Bonchev–Trinajstić information content (AvgIpc) is 2.35. The normalized spacial score (nSPS) is 17.7. The van der Waals surface area contributed by atoms with E-state index in [0.29, 0.717) is 10.4 Å². The van der Waals surface area contributed by atoms with Crippen molar-refractivity contribution in [1.29, 1.82) is 0 Å². The van der Waals surface area contributed by atoms with E-state index in [4.69, 9.17) is 16.7 Å². The van der Waals surface area contributed by atoms with Crippen LogP contribution in [0.25, 0.3) is 10.9 Å². The molecule has 1 aliphatic heterocycles. The van der Waals surface area contributed by atoms with E-state index < -0.39 is 11.4 Å². The molecule has 1 atom stereocenters. The zero-order valence-corrected chi connectivity index (χ0v) is 11.1. The number of carboxylic acids is 1. The summed E-state index contributed by atoms with van der Waals surface area (Å²) in [6, 6.07) is 3.59. The number of nitrogens with zero attached hydrogens (tertiary/aromatic N) is 1. The van der Waals surface area contributed by atoms with Crippen LogP contribution in [0.15, 0.2) is 23.1 Å². The third-order valence-electron chi connectivity index (χ3n) is 3.71. The molecule has 1 N–H and O–H groups in total. The summed E-state index contributed by atoms with van der Waals surface area (Å²) in [5, 5.41) is 10.0. The molecule has 2 aromatic rings. The van der Waals surface area contributed by atoms with E-state index in [1.165, 1.54) is 6.20 Å². The highest BCUT2D eigenvalue weighted by atomic mass is 35.5. The lowest BCUT2D eigenvalue weighted by molar-refractivity contribution is 0.0694. The van der Waals surface area contributed by atoms with E-state index in [2.05, 4.69) is 0 Å². The quantitative estimate of drug-likeness (QED) is 0.872. The van der Waals surface area contributed by atoms with Crippen molar-refractivity contribution in [2.24, 2.45) is 0 Å². The smallest absolute Gasteiger partial charge is 0.341 e. The van der Waals surface area contributed by atoms with Crippen LogP contribution in [-0.2, 0) is 6.42 Å². The van der Waals surface area contributed by atoms with Gasteiger partial charge in [-0.1, -0.05) is 11.6 Å². The summed E-state index contributed by atoms with van der Waals surface area (Å²) in [6.45, 7) is 2.02. The first-order valence-electron chi connectivity index (χ1n) is 6.09. The van der Waals surface area contributed by atoms with Crippen molar-refractivity contribution in [3.63, 3.8) is 0 Å². The van der Waals surface area contributed by atoms with Crippen molar-refractivity contribution < 1.29 is 9.90 Å². The molecule has 4 nitrogen and oxygen atoms in total. The first kappa shape index (κ1) is 12.2. The predicted molar refractivity (Wildman–Crippen MR) is 73.2 cm³/mol. The molecule has 0 radical (unpaired) electrons. The summed E-state index contributed by atoms with van der Waals surface area (Å²) < 4.78 is 1.88. The Morgan fingerprint density at radius 1 is 1.47 bits per heavy atom. The second-order valence-electron chi connectivity index (χ2n) is 4.93. The standard InChI is InChI=1S/C14H12ClNO3/c1-7-2-3-8-4-9(15)5-10-12(8)16(7)6-11(13(10)17)14(18)19/h4-7H,2-3H2,1H3,(H,18,19). The first-order chi connectivity index (χ1) is 8.99. The lowest BCUT2D eigenvalue weighted by Gasteiger charge is -2.26. The van der Waals surface area contributed by atoms with Crippen molar-refractivity contribution >= 4 is 28.5 Å². The fourth-order valence-electron chi connectivity index (χ4n) is 2.74. The lowest BCUT2D eigenvalue weighted by atomic mass is 9.96. The van der Waals surface area contributed by atoms with Gasteiger partial charge in [-0.05, 0) is 37.5 Å². The van der Waals surface area contributed by atoms with Gasteiger partial charge in [0, 0.05) is 22.6 Å². The minimum atomic E-state index is -1.20. The Morgan fingerprint density at radius 3 is 2.89 bits per heavy atom. The van der Waals surface area contributed by atoms with Crippen LogP contribution in [0, 0.1) is 0 Å². The highest BCUT2D eigenvalue weighted by Gasteiger charge is 2.22. The maximum Gasteiger partial charge on any atom is 0.341 e. The van der Waals surface area contributed by atoms with Crippen molar-refractivity contribution in [3.05, 3.63) is 44.7 Å². The summed E-state index contributed by atoms with van der Waals surface area (Å²) in [7, 11) is 0. The summed E-state index contributed by atoms with van der Waals surface area (Å²) in [4.78, 5) is 23.4. The van der Waals surface area contributed by atoms with Crippen LogP contribution in [0.3, 0.4) is 0 Å². The van der Waals surface area contributed by atoms with Crippen LogP contribution in [0.5, 0.6) is 0 Å². The van der Waals surface area contributed by atoms with E-state index in [1.807, 2.05) is 17.6 Å². The molecule has 0 aliphatic carbocycles. The molecule has 19 heavy (non-hydrogen) atoms. The van der Waals surface area contributed by atoms with Gasteiger partial charge in [0.25, 0.3) is 0 Å². The van der Waals surface area contributed by atoms with Crippen molar-refractivity contribution in [3.8, 4) is 0 Å². The average molecular weight is 278 g/mol. The zero-order valence-electron chi connectivity index (χ0n) is 10.3. The summed E-state index contributed by atoms with van der Waals surface area (Å²) in [6.07, 6.45) is 3.21. The van der Waals surface area contributed by atoms with E-state index >= 15 is 0 Å². The van der Waals surface area contributed by atoms with E-state index in [1.54, 1.807) is 6.07 Å². The van der Waals surface area contributed by atoms with Gasteiger partial charge in [0.1, 0.15) is 5.56 Å². The number of hydrogen-bond acceptors (Lipinski definition) is 2. The third kappa shape index (κ3) is 1.75.